The molecule has 3 atom stereocenters. The molecule has 75 heavy (non-hydrogen) atoms. The molecule has 0 bridgehead atoms. The molecule has 8 aromatic carbocycles. The van der Waals surface area contributed by atoms with Crippen LogP contribution in [0, 0.1) is 58.8 Å². The molecule has 0 amide bonds. The van der Waals surface area contributed by atoms with Crippen LogP contribution >= 0.6 is 0 Å². The van der Waals surface area contributed by atoms with Crippen molar-refractivity contribution in [3.63, 3.8) is 0 Å². The first kappa shape index (κ1) is 50.5. The summed E-state index contributed by atoms with van der Waals surface area (Å²) in [6.45, 7) is 25.7. The Labute approximate surface area is 448 Å². The first-order valence-electron chi connectivity index (χ1n) is 28.0. The van der Waals surface area contributed by atoms with E-state index in [1.807, 2.05) is 0 Å². The zero-order valence-electron chi connectivity index (χ0n) is 46.3. The lowest BCUT2D eigenvalue weighted by molar-refractivity contribution is -0.133. The maximum atomic E-state index is 6.56. The molecule has 3 nitrogen and oxygen atoms in total. The van der Waals surface area contributed by atoms with Crippen molar-refractivity contribution in [3.05, 3.63) is 236 Å². The fourth-order valence-corrected chi connectivity index (χ4v) is 13.0. The number of hydrogen-bond donors (Lipinski definition) is 0. The minimum Gasteiger partial charge on any atom is -0.494 e. The van der Waals surface area contributed by atoms with Crippen LogP contribution in [0.4, 0.5) is 0 Å². The molecule has 3 aliphatic rings. The van der Waals surface area contributed by atoms with Crippen LogP contribution in [-0.2, 0) is 15.6 Å². The van der Waals surface area contributed by atoms with E-state index in [9.17, 15) is 0 Å². The van der Waals surface area contributed by atoms with Crippen molar-refractivity contribution in [2.24, 2.45) is 17.3 Å². The average molecular weight is 989 g/mol. The third-order valence-electron chi connectivity index (χ3n) is 17.6. The van der Waals surface area contributed by atoms with Crippen molar-refractivity contribution >= 4 is 0 Å². The van der Waals surface area contributed by atoms with Gasteiger partial charge in [0.05, 0.1) is 42.7 Å². The summed E-state index contributed by atoms with van der Waals surface area (Å²) in [4.78, 5) is 0. The second kappa shape index (κ2) is 20.1. The SMILES string of the molecule is CCC1(COc2ccc(C3(c4cc(C)ccc4C)c4cc(C)ccc4-c4ccc(-c5ccc6c(c5)C(c5ccc(OCCC(C)CCCC(C)C)cc5)(c5cc(C)ccc5C)c5cc(C)ccc5-6)cc43)cc2)COC1. The van der Waals surface area contributed by atoms with Gasteiger partial charge in [-0.1, -0.05) is 191 Å². The van der Waals surface area contributed by atoms with E-state index >= 15 is 0 Å². The Morgan fingerprint density at radius 2 is 0.853 bits per heavy atom. The quantitative estimate of drug-likeness (QED) is 0.0910. The summed E-state index contributed by atoms with van der Waals surface area (Å²) in [5.74, 6) is 3.22. The van der Waals surface area contributed by atoms with Gasteiger partial charge in [0.1, 0.15) is 11.5 Å². The fourth-order valence-electron chi connectivity index (χ4n) is 13.0. The Hall–Kier alpha value is -6.68. The smallest absolute Gasteiger partial charge is 0.119 e. The van der Waals surface area contributed by atoms with Crippen LogP contribution in [0.2, 0.25) is 0 Å². The highest BCUT2D eigenvalue weighted by molar-refractivity contribution is 5.92. The summed E-state index contributed by atoms with van der Waals surface area (Å²) in [5.41, 5.74) is 24.4. The molecule has 8 aromatic rings. The largest absolute Gasteiger partial charge is 0.494 e. The topological polar surface area (TPSA) is 27.7 Å². The van der Waals surface area contributed by atoms with Crippen molar-refractivity contribution in [1.82, 2.24) is 0 Å². The van der Waals surface area contributed by atoms with Crippen molar-refractivity contribution in [1.29, 1.82) is 0 Å². The minimum absolute atomic E-state index is 0.0954. The van der Waals surface area contributed by atoms with E-state index in [0.717, 1.165) is 50.1 Å². The van der Waals surface area contributed by atoms with Gasteiger partial charge in [-0.2, -0.15) is 0 Å². The monoisotopic (exact) mass is 989 g/mol. The van der Waals surface area contributed by atoms with Crippen LogP contribution in [0.15, 0.2) is 158 Å². The van der Waals surface area contributed by atoms with Gasteiger partial charge in [0.25, 0.3) is 0 Å². The van der Waals surface area contributed by atoms with E-state index in [1.54, 1.807) is 0 Å². The van der Waals surface area contributed by atoms with Crippen LogP contribution in [0.5, 0.6) is 11.5 Å². The lowest BCUT2D eigenvalue weighted by Gasteiger charge is -2.40. The highest BCUT2D eigenvalue weighted by Gasteiger charge is 2.49. The Morgan fingerprint density at radius 3 is 1.28 bits per heavy atom. The van der Waals surface area contributed by atoms with Gasteiger partial charge in [0.15, 0.2) is 0 Å². The van der Waals surface area contributed by atoms with Gasteiger partial charge in [-0.3, -0.25) is 0 Å². The number of ether oxygens (including phenoxy) is 3. The number of fused-ring (bicyclic) bond motifs is 6. The zero-order valence-corrected chi connectivity index (χ0v) is 46.3. The summed E-state index contributed by atoms with van der Waals surface area (Å²) >= 11 is 0. The van der Waals surface area contributed by atoms with Gasteiger partial charge in [0, 0.05) is 0 Å². The predicted octanol–water partition coefficient (Wildman–Crippen LogP) is 18.0. The van der Waals surface area contributed by atoms with Crippen molar-refractivity contribution < 1.29 is 14.2 Å². The van der Waals surface area contributed by atoms with Crippen LogP contribution in [0.1, 0.15) is 138 Å². The number of benzene rings is 8. The van der Waals surface area contributed by atoms with E-state index in [1.165, 1.54) is 131 Å². The van der Waals surface area contributed by atoms with Crippen molar-refractivity contribution in [2.75, 3.05) is 26.4 Å². The molecule has 0 saturated carbocycles. The maximum Gasteiger partial charge on any atom is 0.119 e. The van der Waals surface area contributed by atoms with E-state index in [0.29, 0.717) is 12.5 Å². The van der Waals surface area contributed by atoms with E-state index in [-0.39, 0.29) is 5.41 Å². The molecule has 1 heterocycles. The average Bonchev–Trinajstić information content (AvgIpc) is 3.87. The molecule has 382 valence electrons. The van der Waals surface area contributed by atoms with Gasteiger partial charge in [-0.05, 0) is 192 Å². The number of hydrogen-bond acceptors (Lipinski definition) is 3. The molecule has 0 N–H and O–H groups in total. The summed E-state index contributed by atoms with van der Waals surface area (Å²) < 4.78 is 18.7. The summed E-state index contributed by atoms with van der Waals surface area (Å²) in [5, 5.41) is 0. The van der Waals surface area contributed by atoms with Gasteiger partial charge in [0.2, 0.25) is 0 Å². The van der Waals surface area contributed by atoms with Gasteiger partial charge >= 0.3 is 0 Å². The highest BCUT2D eigenvalue weighted by atomic mass is 16.5. The predicted molar refractivity (Wildman–Crippen MR) is 312 cm³/mol. The molecule has 2 aliphatic carbocycles. The molecule has 0 radical (unpaired) electrons. The second-order valence-corrected chi connectivity index (χ2v) is 23.5. The molecular weight excluding hydrogens is 913 g/mol. The van der Waals surface area contributed by atoms with Crippen LogP contribution in [-0.4, -0.2) is 26.4 Å². The van der Waals surface area contributed by atoms with Gasteiger partial charge in [-0.15, -0.1) is 0 Å². The second-order valence-electron chi connectivity index (χ2n) is 23.5. The first-order chi connectivity index (χ1) is 36.2. The van der Waals surface area contributed by atoms with Crippen LogP contribution in [0.25, 0.3) is 33.4 Å². The maximum absolute atomic E-state index is 6.56. The Kier molecular flexibility index (Phi) is 13.5. The minimum atomic E-state index is -0.587. The van der Waals surface area contributed by atoms with Crippen LogP contribution < -0.4 is 9.47 Å². The molecule has 1 fully saturated rings. The highest BCUT2D eigenvalue weighted by Crippen LogP contribution is 2.60. The Bertz CT molecular complexity index is 3400. The van der Waals surface area contributed by atoms with Crippen molar-refractivity contribution in [3.8, 4) is 44.9 Å². The zero-order chi connectivity index (χ0) is 52.2. The normalized spacial score (nSPS) is 18.2. The Morgan fingerprint density at radius 1 is 0.440 bits per heavy atom. The van der Waals surface area contributed by atoms with Gasteiger partial charge < -0.3 is 14.2 Å². The molecule has 0 spiro atoms. The standard InChI is InChI=1S/C72H76O3/c1-11-70(43-73-44-70)45-75-59-29-25-57(26-30-59)72(65-38-49(6)16-20-53(65)10)67-40-51(8)18-32-61(67)63-34-22-55(42-69(63)72)54-21-33-62-60-31-17-50(7)39-66(60)71(68(62)41-54,64-37-48(5)15-19-52(64)9)56-23-27-58(28-24-56)74-36-35-47(4)14-12-13-46(2)3/h15-34,37-42,46-47H,11-14,35-36,43-45H2,1-10H3. The number of rotatable bonds is 17. The Balaban J connectivity index is 1.06. The first-order valence-corrected chi connectivity index (χ1v) is 28.0. The lowest BCUT2D eigenvalue weighted by Crippen LogP contribution is -2.46. The summed E-state index contributed by atoms with van der Waals surface area (Å²) in [6.07, 6.45) is 5.94. The van der Waals surface area contributed by atoms with E-state index in [2.05, 4.69) is 227 Å². The van der Waals surface area contributed by atoms with E-state index < -0.39 is 10.8 Å². The third kappa shape index (κ3) is 8.83. The van der Waals surface area contributed by atoms with Gasteiger partial charge in [-0.25, -0.2) is 0 Å². The molecule has 3 heteroatoms. The molecular formula is C72H76O3. The molecule has 11 rings (SSSR count). The fraction of sp³-hybridized carbons (Fsp3) is 0.333. The third-order valence-corrected chi connectivity index (χ3v) is 17.6. The molecule has 1 aliphatic heterocycles. The molecule has 3 unspecified atom stereocenters. The molecule has 0 aromatic heterocycles. The lowest BCUT2D eigenvalue weighted by atomic mass is 9.65. The summed E-state index contributed by atoms with van der Waals surface area (Å²) in [7, 11) is 0. The van der Waals surface area contributed by atoms with E-state index in [4.69, 9.17) is 14.2 Å². The number of aryl methyl sites for hydroxylation is 6. The van der Waals surface area contributed by atoms with Crippen LogP contribution in [0.3, 0.4) is 0 Å². The van der Waals surface area contributed by atoms with Crippen molar-refractivity contribution in [2.45, 2.75) is 112 Å². The molecule has 1 saturated heterocycles. The summed E-state index contributed by atoms with van der Waals surface area (Å²) in [6, 6.07) is 61.1.